The Hall–Kier alpha value is 2.76. The maximum atomic E-state index is 10.5. The molecular weight excluding hydrogens is 364 g/mol. The maximum absolute atomic E-state index is 10.5. The molecule has 0 aliphatic heterocycles. The predicted molar refractivity (Wildman–Crippen MR) is 50.4 cm³/mol. The molecule has 0 heterocycles. The summed E-state index contributed by atoms with van der Waals surface area (Å²) in [6.45, 7) is 0. The Morgan fingerprint density at radius 3 is 0.900 bits per heavy atom. The summed E-state index contributed by atoms with van der Waals surface area (Å²) in [6.07, 6.45) is 0. The molecular formula is C4H10Na4O10S2. The number of hydrogen-bond acceptors (Lipinski definition) is 6. The monoisotopic (exact) mass is 374 g/mol. The average molecular weight is 374 g/mol. The van der Waals surface area contributed by atoms with E-state index in [9.17, 15) is 26.4 Å². The van der Waals surface area contributed by atoms with Crippen molar-refractivity contribution in [1.82, 2.24) is 0 Å². The van der Waals surface area contributed by atoms with Gasteiger partial charge < -0.3 is 15.9 Å². The van der Waals surface area contributed by atoms with Gasteiger partial charge >= 0.3 is 130 Å². The molecule has 0 aromatic rings. The van der Waals surface area contributed by atoms with Gasteiger partial charge in [-0.05, 0) is 0 Å². The van der Waals surface area contributed by atoms with Crippen LogP contribution in [-0.2, 0) is 29.8 Å². The van der Waals surface area contributed by atoms with E-state index in [-0.39, 0.29) is 124 Å². The summed E-state index contributed by atoms with van der Waals surface area (Å²) in [4.78, 5) is 20.7. The number of rotatable bonds is 5. The standard InChI is InChI=1S/C4H6O10S2.4Na.4H/c5-3(6)1(15(9,10)11)2(4(7)8)16(12,13)14;;;;;;;;/h1-2H,(H,5,6)(H,7,8)(H,9,10,11)(H,12,13,14);;;;;;;;/q;4*+1;4*-1. The fourth-order valence-electron chi connectivity index (χ4n) is 0.826. The van der Waals surface area contributed by atoms with Gasteiger partial charge in [-0.2, -0.15) is 16.8 Å². The molecule has 16 heteroatoms. The van der Waals surface area contributed by atoms with Gasteiger partial charge in [-0.15, -0.1) is 0 Å². The zero-order valence-corrected chi connectivity index (χ0v) is 20.8. The molecule has 0 bridgehead atoms. The Balaban J connectivity index is -0.0000000402. The Bertz CT molecular complexity index is 479. The fraction of sp³-hybridized carbons (Fsp3) is 0.500. The molecule has 2 atom stereocenters. The Morgan fingerprint density at radius 2 is 0.850 bits per heavy atom. The summed E-state index contributed by atoms with van der Waals surface area (Å²) >= 11 is 0. The van der Waals surface area contributed by atoms with E-state index in [1.54, 1.807) is 0 Å². The fourth-order valence-corrected chi connectivity index (χ4v) is 3.04. The zero-order valence-electron chi connectivity index (χ0n) is 15.2. The molecule has 0 aromatic carbocycles. The molecule has 0 spiro atoms. The van der Waals surface area contributed by atoms with Crippen molar-refractivity contribution >= 4 is 32.2 Å². The Labute approximate surface area is 209 Å². The molecule has 0 rings (SSSR count). The van der Waals surface area contributed by atoms with Crippen LogP contribution in [0.1, 0.15) is 5.71 Å². The molecule has 0 amide bonds. The van der Waals surface area contributed by atoms with E-state index in [2.05, 4.69) is 0 Å². The molecule has 0 saturated carbocycles. The van der Waals surface area contributed by atoms with E-state index in [0.717, 1.165) is 0 Å². The predicted octanol–water partition coefficient (Wildman–Crippen LogP) is -13.9. The van der Waals surface area contributed by atoms with Crippen molar-refractivity contribution < 1.29 is 170 Å². The van der Waals surface area contributed by atoms with Crippen LogP contribution in [0.5, 0.6) is 0 Å². The van der Waals surface area contributed by atoms with Crippen molar-refractivity contribution in [2.75, 3.05) is 0 Å². The largest absolute Gasteiger partial charge is 1.00 e. The molecule has 20 heavy (non-hydrogen) atoms. The number of carbonyl (C=O) groups is 2. The molecule has 4 N–H and O–H groups in total. The molecule has 0 radical (unpaired) electrons. The van der Waals surface area contributed by atoms with E-state index >= 15 is 0 Å². The molecule has 0 saturated heterocycles. The Morgan fingerprint density at radius 1 is 0.700 bits per heavy atom. The molecule has 0 aliphatic carbocycles. The topological polar surface area (TPSA) is 183 Å². The van der Waals surface area contributed by atoms with Crippen LogP contribution in [0.4, 0.5) is 0 Å². The summed E-state index contributed by atoms with van der Waals surface area (Å²) in [6, 6.07) is 0. The second-order valence-electron chi connectivity index (χ2n) is 2.55. The molecule has 2 unspecified atom stereocenters. The quantitative estimate of drug-likeness (QED) is 0.266. The van der Waals surface area contributed by atoms with Crippen molar-refractivity contribution in [3.05, 3.63) is 0 Å². The minimum atomic E-state index is -5.51. The van der Waals surface area contributed by atoms with Crippen molar-refractivity contribution in [3.63, 3.8) is 0 Å². The zero-order chi connectivity index (χ0) is 13.3. The van der Waals surface area contributed by atoms with Gasteiger partial charge in [0.1, 0.15) is 0 Å². The van der Waals surface area contributed by atoms with Gasteiger partial charge in [0.05, 0.1) is 0 Å². The van der Waals surface area contributed by atoms with E-state index in [1.807, 2.05) is 0 Å². The van der Waals surface area contributed by atoms with Gasteiger partial charge in [0.25, 0.3) is 20.2 Å². The van der Waals surface area contributed by atoms with Gasteiger partial charge in [-0.1, -0.05) is 0 Å². The first kappa shape index (κ1) is 34.2. The molecule has 10 nitrogen and oxygen atoms in total. The van der Waals surface area contributed by atoms with E-state index in [4.69, 9.17) is 19.3 Å². The van der Waals surface area contributed by atoms with Crippen molar-refractivity contribution in [3.8, 4) is 0 Å². The van der Waals surface area contributed by atoms with Crippen molar-refractivity contribution in [1.29, 1.82) is 0 Å². The summed E-state index contributed by atoms with van der Waals surface area (Å²) in [5.41, 5.74) is 0. The molecule has 0 aromatic heterocycles. The number of carboxylic acids is 2. The molecule has 0 aliphatic rings. The minimum absolute atomic E-state index is 0. The van der Waals surface area contributed by atoms with Crippen LogP contribution in [-0.4, -0.2) is 58.6 Å². The van der Waals surface area contributed by atoms with Crippen LogP contribution in [0.3, 0.4) is 0 Å². The second-order valence-corrected chi connectivity index (χ2v) is 5.62. The summed E-state index contributed by atoms with van der Waals surface area (Å²) in [5, 5.41) is 10.2. The van der Waals surface area contributed by atoms with Gasteiger partial charge in [-0.25, -0.2) is 0 Å². The third kappa shape index (κ3) is 11.3. The average Bonchev–Trinajstić information content (AvgIpc) is 1.92. The number of carboxylic acid groups (broad SMARTS) is 2. The third-order valence-electron chi connectivity index (χ3n) is 1.40. The van der Waals surface area contributed by atoms with Gasteiger partial charge in [-0.3, -0.25) is 18.7 Å². The molecule has 102 valence electrons. The summed E-state index contributed by atoms with van der Waals surface area (Å²) < 4.78 is 58.8. The van der Waals surface area contributed by atoms with Gasteiger partial charge in [0.2, 0.25) is 10.5 Å². The minimum Gasteiger partial charge on any atom is -1.00 e. The second kappa shape index (κ2) is 13.1. The van der Waals surface area contributed by atoms with Gasteiger partial charge in [0, 0.05) is 0 Å². The Kier molecular flexibility index (Phi) is 22.4. The van der Waals surface area contributed by atoms with Crippen LogP contribution < -0.4 is 118 Å². The van der Waals surface area contributed by atoms with Gasteiger partial charge in [0.15, 0.2) is 0 Å². The SMILES string of the molecule is O=C(O)C(C(C(=O)O)S(=O)(=O)O)S(=O)(=O)O.[H-].[H-].[H-].[H-].[Na+].[Na+].[Na+].[Na+]. The first-order valence-electron chi connectivity index (χ1n) is 3.27. The normalized spacial score (nSPS) is 13.1. The van der Waals surface area contributed by atoms with E-state index in [1.165, 1.54) is 0 Å². The van der Waals surface area contributed by atoms with Crippen LogP contribution in [0.2, 0.25) is 0 Å². The first-order valence-corrected chi connectivity index (χ1v) is 6.28. The van der Waals surface area contributed by atoms with Crippen LogP contribution in [0.25, 0.3) is 0 Å². The smallest absolute Gasteiger partial charge is 1.00 e. The van der Waals surface area contributed by atoms with Crippen molar-refractivity contribution in [2.45, 2.75) is 10.5 Å². The van der Waals surface area contributed by atoms with E-state index in [0.29, 0.717) is 0 Å². The summed E-state index contributed by atoms with van der Waals surface area (Å²) in [5.74, 6) is -4.85. The van der Waals surface area contributed by atoms with Crippen LogP contribution in [0, 0.1) is 0 Å². The van der Waals surface area contributed by atoms with Crippen LogP contribution in [0.15, 0.2) is 0 Å². The van der Waals surface area contributed by atoms with Crippen LogP contribution >= 0.6 is 0 Å². The van der Waals surface area contributed by atoms with E-state index < -0.39 is 42.7 Å². The third-order valence-corrected chi connectivity index (χ3v) is 3.81. The summed E-state index contributed by atoms with van der Waals surface area (Å²) in [7, 11) is -11.0. The maximum Gasteiger partial charge on any atom is 1.00 e. The van der Waals surface area contributed by atoms with Crippen molar-refractivity contribution in [2.24, 2.45) is 0 Å². The first-order chi connectivity index (χ1) is 6.89. The number of hydrogen-bond donors (Lipinski definition) is 4. The number of aliphatic carboxylic acids is 2. The molecule has 0 fully saturated rings.